The molecule has 0 aliphatic carbocycles. The van der Waals surface area contributed by atoms with Crippen molar-refractivity contribution < 1.29 is 5.11 Å². The molecule has 2 nitrogen and oxygen atoms in total. The number of hydrogen-bond donors (Lipinski definition) is 2. The van der Waals surface area contributed by atoms with Crippen molar-refractivity contribution in [3.8, 4) is 0 Å². The first kappa shape index (κ1) is 14.7. The molecule has 0 bridgehead atoms. The molecule has 0 radical (unpaired) electrons. The predicted octanol–water partition coefficient (Wildman–Crippen LogP) is 3.34. The smallest absolute Gasteiger partial charge is 0.0746 e. The van der Waals surface area contributed by atoms with E-state index >= 15 is 0 Å². The molecule has 0 aliphatic heterocycles. The molecule has 0 saturated heterocycles. The summed E-state index contributed by atoms with van der Waals surface area (Å²) >= 11 is 3.51. The van der Waals surface area contributed by atoms with Crippen LogP contribution < -0.4 is 5.32 Å². The minimum atomic E-state index is -0.630. The Labute approximate surface area is 113 Å². The highest BCUT2D eigenvalue weighted by Crippen LogP contribution is 2.17. The molecule has 0 fully saturated rings. The van der Waals surface area contributed by atoms with Gasteiger partial charge in [-0.2, -0.15) is 0 Å². The normalized spacial score (nSPS) is 14.9. The highest BCUT2D eigenvalue weighted by atomic mass is 79.9. The van der Waals surface area contributed by atoms with Gasteiger partial charge < -0.3 is 10.4 Å². The van der Waals surface area contributed by atoms with Gasteiger partial charge in [0.1, 0.15) is 0 Å². The Balaban J connectivity index is 2.40. The Morgan fingerprint density at radius 1 is 1.35 bits per heavy atom. The second-order valence-corrected chi connectivity index (χ2v) is 6.14. The fourth-order valence-corrected chi connectivity index (χ4v) is 2.48. The lowest BCUT2D eigenvalue weighted by atomic mass is 9.94. The van der Waals surface area contributed by atoms with Crippen molar-refractivity contribution in [2.45, 2.75) is 39.3 Å². The molecule has 1 atom stereocenters. The first-order chi connectivity index (χ1) is 7.91. The Kier molecular flexibility index (Phi) is 5.63. The molecule has 0 spiro atoms. The fourth-order valence-electron chi connectivity index (χ4n) is 2.06. The second-order valence-electron chi connectivity index (χ2n) is 5.29. The summed E-state index contributed by atoms with van der Waals surface area (Å²) in [6, 6.07) is 8.13. The van der Waals surface area contributed by atoms with E-state index in [4.69, 9.17) is 0 Å². The molecule has 0 aromatic heterocycles. The van der Waals surface area contributed by atoms with Crippen LogP contribution in [0.25, 0.3) is 0 Å². The van der Waals surface area contributed by atoms with E-state index in [1.165, 1.54) is 5.56 Å². The van der Waals surface area contributed by atoms with Crippen molar-refractivity contribution >= 4 is 15.9 Å². The van der Waals surface area contributed by atoms with Crippen molar-refractivity contribution in [2.75, 3.05) is 6.54 Å². The van der Waals surface area contributed by atoms with Crippen LogP contribution in [0, 0.1) is 5.92 Å². The summed E-state index contributed by atoms with van der Waals surface area (Å²) in [5.74, 6) is 0.510. The molecule has 1 unspecified atom stereocenters. The van der Waals surface area contributed by atoms with Crippen molar-refractivity contribution in [3.63, 3.8) is 0 Å². The van der Waals surface area contributed by atoms with Crippen molar-refractivity contribution in [1.29, 1.82) is 0 Å². The number of benzene rings is 1. The van der Waals surface area contributed by atoms with Crippen LogP contribution in [0.1, 0.15) is 32.8 Å². The van der Waals surface area contributed by atoms with Crippen molar-refractivity contribution in [2.24, 2.45) is 5.92 Å². The molecule has 1 aromatic carbocycles. The van der Waals surface area contributed by atoms with Crippen LogP contribution >= 0.6 is 15.9 Å². The highest BCUT2D eigenvalue weighted by molar-refractivity contribution is 9.10. The third-order valence-corrected chi connectivity index (χ3v) is 3.40. The van der Waals surface area contributed by atoms with E-state index in [2.05, 4.69) is 41.2 Å². The molecular weight excluding hydrogens is 278 g/mol. The molecule has 1 rings (SSSR count). The van der Waals surface area contributed by atoms with Crippen LogP contribution in [0.2, 0.25) is 0 Å². The van der Waals surface area contributed by atoms with E-state index < -0.39 is 5.60 Å². The fraction of sp³-hybridized carbons (Fsp3) is 0.571. The summed E-state index contributed by atoms with van der Waals surface area (Å²) < 4.78 is 1.11. The summed E-state index contributed by atoms with van der Waals surface area (Å²) in [7, 11) is 0. The molecule has 0 saturated carbocycles. The van der Waals surface area contributed by atoms with E-state index in [-0.39, 0.29) is 0 Å². The number of rotatable bonds is 6. The molecule has 0 aliphatic rings. The van der Waals surface area contributed by atoms with Gasteiger partial charge in [0.05, 0.1) is 5.60 Å². The summed E-state index contributed by atoms with van der Waals surface area (Å²) in [5, 5.41) is 13.5. The van der Waals surface area contributed by atoms with E-state index in [9.17, 15) is 5.11 Å². The van der Waals surface area contributed by atoms with Crippen LogP contribution in [-0.4, -0.2) is 17.3 Å². The zero-order valence-corrected chi connectivity index (χ0v) is 12.4. The minimum Gasteiger partial charge on any atom is -0.389 e. The third-order valence-electron chi connectivity index (χ3n) is 2.63. The van der Waals surface area contributed by atoms with Gasteiger partial charge in [-0.1, -0.05) is 48.0 Å². The number of halogens is 1. The van der Waals surface area contributed by atoms with Gasteiger partial charge in [0.25, 0.3) is 0 Å². The molecule has 3 heteroatoms. The van der Waals surface area contributed by atoms with Crippen LogP contribution in [0.3, 0.4) is 0 Å². The number of nitrogens with one attached hydrogen (secondary N) is 1. The first-order valence-electron chi connectivity index (χ1n) is 6.07. The third kappa shape index (κ3) is 5.66. The molecule has 0 amide bonds. The van der Waals surface area contributed by atoms with Gasteiger partial charge in [0, 0.05) is 17.6 Å². The quantitative estimate of drug-likeness (QED) is 0.844. The molecule has 96 valence electrons. The standard InChI is InChI=1S/C14H22BrNO/c1-11(2)8-14(3,17)10-16-9-12-6-4-5-7-13(12)15/h4-7,11,16-17H,8-10H2,1-3H3. The Bertz CT molecular complexity index is 350. The van der Waals surface area contributed by atoms with Gasteiger partial charge >= 0.3 is 0 Å². The van der Waals surface area contributed by atoms with E-state index in [0.29, 0.717) is 12.5 Å². The Hall–Kier alpha value is -0.380. The number of aliphatic hydroxyl groups is 1. The molecule has 1 aromatic rings. The zero-order valence-electron chi connectivity index (χ0n) is 10.8. The average Bonchev–Trinajstić information content (AvgIpc) is 2.18. The molecular formula is C14H22BrNO. The lowest BCUT2D eigenvalue weighted by molar-refractivity contribution is 0.0383. The lowest BCUT2D eigenvalue weighted by Gasteiger charge is -2.25. The summed E-state index contributed by atoms with van der Waals surface area (Å²) in [5.41, 5.74) is 0.586. The van der Waals surface area contributed by atoms with Gasteiger partial charge in [0.15, 0.2) is 0 Å². The summed E-state index contributed by atoms with van der Waals surface area (Å²) in [4.78, 5) is 0. The summed E-state index contributed by atoms with van der Waals surface area (Å²) in [6.45, 7) is 7.53. The predicted molar refractivity (Wildman–Crippen MR) is 75.9 cm³/mol. The van der Waals surface area contributed by atoms with Crippen LogP contribution in [-0.2, 0) is 6.54 Å². The monoisotopic (exact) mass is 299 g/mol. The topological polar surface area (TPSA) is 32.3 Å². The summed E-state index contributed by atoms with van der Waals surface area (Å²) in [6.07, 6.45) is 0.815. The van der Waals surface area contributed by atoms with Gasteiger partial charge in [-0.3, -0.25) is 0 Å². The SMILES string of the molecule is CC(C)CC(C)(O)CNCc1ccccc1Br. The van der Waals surface area contributed by atoms with E-state index in [0.717, 1.165) is 17.4 Å². The highest BCUT2D eigenvalue weighted by Gasteiger charge is 2.21. The van der Waals surface area contributed by atoms with E-state index in [1.54, 1.807) is 0 Å². The Morgan fingerprint density at radius 3 is 2.59 bits per heavy atom. The molecule has 2 N–H and O–H groups in total. The van der Waals surface area contributed by atoms with Crippen LogP contribution in [0.4, 0.5) is 0 Å². The van der Waals surface area contributed by atoms with Crippen molar-refractivity contribution in [1.82, 2.24) is 5.32 Å². The Morgan fingerprint density at radius 2 is 2.00 bits per heavy atom. The van der Waals surface area contributed by atoms with Gasteiger partial charge in [-0.05, 0) is 30.9 Å². The first-order valence-corrected chi connectivity index (χ1v) is 6.86. The van der Waals surface area contributed by atoms with Crippen molar-refractivity contribution in [3.05, 3.63) is 34.3 Å². The lowest BCUT2D eigenvalue weighted by Crippen LogP contribution is -2.38. The zero-order chi connectivity index (χ0) is 12.9. The second kappa shape index (κ2) is 6.53. The average molecular weight is 300 g/mol. The van der Waals surface area contributed by atoms with Gasteiger partial charge in [-0.25, -0.2) is 0 Å². The minimum absolute atomic E-state index is 0.510. The molecule has 0 heterocycles. The number of hydrogen-bond acceptors (Lipinski definition) is 2. The van der Waals surface area contributed by atoms with Crippen LogP contribution in [0.15, 0.2) is 28.7 Å². The van der Waals surface area contributed by atoms with Gasteiger partial charge in [-0.15, -0.1) is 0 Å². The molecule has 17 heavy (non-hydrogen) atoms. The maximum atomic E-state index is 10.2. The maximum Gasteiger partial charge on any atom is 0.0746 e. The van der Waals surface area contributed by atoms with E-state index in [1.807, 2.05) is 25.1 Å². The largest absolute Gasteiger partial charge is 0.389 e. The van der Waals surface area contributed by atoms with Crippen LogP contribution in [0.5, 0.6) is 0 Å². The van der Waals surface area contributed by atoms with Gasteiger partial charge in [0.2, 0.25) is 0 Å². The maximum absolute atomic E-state index is 10.2.